The average Bonchev–Trinajstić information content (AvgIpc) is 2.72. The quantitative estimate of drug-likeness (QED) is 0.928. The first-order valence-electron chi connectivity index (χ1n) is 7.87. The molecule has 1 N–H and O–H groups in total. The lowest BCUT2D eigenvalue weighted by atomic mass is 9.69. The number of aliphatic hydroxyl groups is 1. The maximum absolute atomic E-state index is 12.8. The SMILES string of the molecule is C[C@@H]1CN(C(=O)COc2ccc(F)cc2)C[C@@]1(O)C1CCC1. The summed E-state index contributed by atoms with van der Waals surface area (Å²) in [6.45, 7) is 2.88. The number of ether oxygens (including phenoxy) is 1. The first-order chi connectivity index (χ1) is 10.5. The standard InChI is InChI=1S/C17H22FNO3/c1-12-9-19(11-17(12,21)13-3-2-4-13)16(20)10-22-15-7-5-14(18)6-8-15/h5-8,12-13,21H,2-4,9-11H2,1H3/t12-,17+/m1/s1. The van der Waals surface area contributed by atoms with Crippen molar-refractivity contribution in [1.82, 2.24) is 4.90 Å². The summed E-state index contributed by atoms with van der Waals surface area (Å²) in [4.78, 5) is 14.0. The number of β-amino-alcohol motifs (C(OH)–C–C–N with tert-alkyl or cyclic N) is 1. The molecule has 1 amide bonds. The Morgan fingerprint density at radius 2 is 2.09 bits per heavy atom. The third kappa shape index (κ3) is 2.82. The van der Waals surface area contributed by atoms with Crippen LogP contribution >= 0.6 is 0 Å². The van der Waals surface area contributed by atoms with E-state index in [1.807, 2.05) is 6.92 Å². The van der Waals surface area contributed by atoms with Crippen LogP contribution in [0.5, 0.6) is 5.75 Å². The third-order valence-corrected chi connectivity index (χ3v) is 5.13. The van der Waals surface area contributed by atoms with Crippen molar-refractivity contribution in [3.63, 3.8) is 0 Å². The molecule has 1 saturated heterocycles. The van der Waals surface area contributed by atoms with E-state index in [0.717, 1.165) is 12.8 Å². The Hall–Kier alpha value is -1.62. The van der Waals surface area contributed by atoms with E-state index in [9.17, 15) is 14.3 Å². The number of halogens is 1. The molecule has 0 aromatic heterocycles. The van der Waals surface area contributed by atoms with Crippen molar-refractivity contribution < 1.29 is 19.0 Å². The van der Waals surface area contributed by atoms with Gasteiger partial charge < -0.3 is 14.7 Å². The number of hydrogen-bond donors (Lipinski definition) is 1. The lowest BCUT2D eigenvalue weighted by Crippen LogP contribution is -2.48. The number of amides is 1. The van der Waals surface area contributed by atoms with Gasteiger partial charge in [0.2, 0.25) is 0 Å². The molecule has 4 nitrogen and oxygen atoms in total. The van der Waals surface area contributed by atoms with Gasteiger partial charge in [-0.15, -0.1) is 0 Å². The molecule has 1 saturated carbocycles. The van der Waals surface area contributed by atoms with Crippen LogP contribution in [0.4, 0.5) is 4.39 Å². The van der Waals surface area contributed by atoms with Crippen molar-refractivity contribution in [2.75, 3.05) is 19.7 Å². The van der Waals surface area contributed by atoms with Crippen molar-refractivity contribution in [2.45, 2.75) is 31.8 Å². The van der Waals surface area contributed by atoms with Crippen LogP contribution in [-0.4, -0.2) is 41.2 Å². The zero-order valence-corrected chi connectivity index (χ0v) is 12.8. The van der Waals surface area contributed by atoms with E-state index in [2.05, 4.69) is 0 Å². The van der Waals surface area contributed by atoms with Gasteiger partial charge in [0, 0.05) is 12.5 Å². The van der Waals surface area contributed by atoms with E-state index in [-0.39, 0.29) is 24.2 Å². The predicted octanol–water partition coefficient (Wildman–Crippen LogP) is 2.21. The van der Waals surface area contributed by atoms with Gasteiger partial charge in [-0.05, 0) is 43.0 Å². The van der Waals surface area contributed by atoms with Crippen molar-refractivity contribution in [3.8, 4) is 5.75 Å². The van der Waals surface area contributed by atoms with Gasteiger partial charge in [-0.1, -0.05) is 13.3 Å². The minimum absolute atomic E-state index is 0.0842. The molecule has 120 valence electrons. The zero-order valence-electron chi connectivity index (χ0n) is 12.8. The molecule has 5 heteroatoms. The lowest BCUT2D eigenvalue weighted by Gasteiger charge is -2.41. The first kappa shape index (κ1) is 15.3. The summed E-state index contributed by atoms with van der Waals surface area (Å²) in [5.74, 6) is 0.408. The minimum Gasteiger partial charge on any atom is -0.484 e. The van der Waals surface area contributed by atoms with Gasteiger partial charge in [-0.2, -0.15) is 0 Å². The summed E-state index contributed by atoms with van der Waals surface area (Å²) in [5, 5.41) is 10.8. The van der Waals surface area contributed by atoms with Gasteiger partial charge in [0.25, 0.3) is 5.91 Å². The second kappa shape index (κ2) is 5.88. The number of nitrogens with zero attached hydrogens (tertiary/aromatic N) is 1. The number of hydrogen-bond acceptors (Lipinski definition) is 3. The molecule has 3 rings (SSSR count). The van der Waals surface area contributed by atoms with Crippen LogP contribution in [-0.2, 0) is 4.79 Å². The predicted molar refractivity (Wildman–Crippen MR) is 79.9 cm³/mol. The van der Waals surface area contributed by atoms with Gasteiger partial charge in [-0.25, -0.2) is 4.39 Å². The molecule has 2 atom stereocenters. The summed E-state index contributed by atoms with van der Waals surface area (Å²) in [6.07, 6.45) is 3.27. The van der Waals surface area contributed by atoms with Gasteiger partial charge >= 0.3 is 0 Å². The molecule has 2 fully saturated rings. The maximum Gasteiger partial charge on any atom is 0.260 e. The highest BCUT2D eigenvalue weighted by Gasteiger charge is 2.50. The van der Waals surface area contributed by atoms with Crippen LogP contribution in [0.25, 0.3) is 0 Å². The van der Waals surface area contributed by atoms with Gasteiger partial charge in [-0.3, -0.25) is 4.79 Å². The van der Waals surface area contributed by atoms with Gasteiger partial charge in [0.05, 0.1) is 12.1 Å². The van der Waals surface area contributed by atoms with Crippen LogP contribution in [0.15, 0.2) is 24.3 Å². The molecule has 1 aliphatic heterocycles. The second-order valence-corrected chi connectivity index (χ2v) is 6.54. The number of carbonyl (C=O) groups is 1. The first-order valence-corrected chi connectivity index (χ1v) is 7.87. The van der Waals surface area contributed by atoms with Crippen molar-refractivity contribution in [2.24, 2.45) is 11.8 Å². The van der Waals surface area contributed by atoms with E-state index < -0.39 is 5.60 Å². The van der Waals surface area contributed by atoms with Crippen molar-refractivity contribution in [3.05, 3.63) is 30.1 Å². The summed E-state index contributed by atoms with van der Waals surface area (Å²) in [7, 11) is 0. The lowest BCUT2D eigenvalue weighted by molar-refractivity contribution is -0.134. The fraction of sp³-hybridized carbons (Fsp3) is 0.588. The van der Waals surface area contributed by atoms with Crippen molar-refractivity contribution >= 4 is 5.91 Å². The minimum atomic E-state index is -0.746. The topological polar surface area (TPSA) is 49.8 Å². The average molecular weight is 307 g/mol. The number of carbonyl (C=O) groups excluding carboxylic acids is 1. The number of benzene rings is 1. The Bertz CT molecular complexity index is 543. The molecule has 0 unspecified atom stereocenters. The molecule has 1 aromatic rings. The highest BCUT2D eigenvalue weighted by molar-refractivity contribution is 5.78. The summed E-state index contributed by atoms with van der Waals surface area (Å²) < 4.78 is 18.2. The molecule has 1 aliphatic carbocycles. The van der Waals surface area contributed by atoms with Crippen LogP contribution < -0.4 is 4.74 Å². The highest BCUT2D eigenvalue weighted by atomic mass is 19.1. The second-order valence-electron chi connectivity index (χ2n) is 6.54. The molecule has 1 heterocycles. The van der Waals surface area contributed by atoms with E-state index in [4.69, 9.17) is 4.74 Å². The van der Waals surface area contributed by atoms with Crippen LogP contribution in [0.3, 0.4) is 0 Å². The molecule has 1 aromatic carbocycles. The number of likely N-dealkylation sites (tertiary alicyclic amines) is 1. The number of rotatable bonds is 4. The Labute approximate surface area is 129 Å². The summed E-state index contributed by atoms with van der Waals surface area (Å²) in [6, 6.07) is 5.60. The summed E-state index contributed by atoms with van der Waals surface area (Å²) in [5.41, 5.74) is -0.746. The van der Waals surface area contributed by atoms with Gasteiger partial charge in [0.1, 0.15) is 11.6 Å². The van der Waals surface area contributed by atoms with E-state index in [1.54, 1.807) is 4.90 Å². The molecule has 0 spiro atoms. The monoisotopic (exact) mass is 307 g/mol. The fourth-order valence-corrected chi connectivity index (χ4v) is 3.41. The molecular formula is C17H22FNO3. The Kier molecular flexibility index (Phi) is 4.08. The molecule has 0 bridgehead atoms. The van der Waals surface area contributed by atoms with Crippen LogP contribution in [0.2, 0.25) is 0 Å². The molecular weight excluding hydrogens is 285 g/mol. The largest absolute Gasteiger partial charge is 0.484 e. The van der Waals surface area contributed by atoms with E-state index in [0.29, 0.717) is 24.8 Å². The maximum atomic E-state index is 12.8. The molecule has 22 heavy (non-hydrogen) atoms. The van der Waals surface area contributed by atoms with Crippen LogP contribution in [0, 0.1) is 17.7 Å². The highest BCUT2D eigenvalue weighted by Crippen LogP contribution is 2.44. The van der Waals surface area contributed by atoms with E-state index >= 15 is 0 Å². The van der Waals surface area contributed by atoms with Crippen LogP contribution in [0.1, 0.15) is 26.2 Å². The molecule has 0 radical (unpaired) electrons. The third-order valence-electron chi connectivity index (χ3n) is 5.13. The van der Waals surface area contributed by atoms with Crippen molar-refractivity contribution in [1.29, 1.82) is 0 Å². The Morgan fingerprint density at radius 1 is 1.41 bits per heavy atom. The normalized spacial score (nSPS) is 28.5. The smallest absolute Gasteiger partial charge is 0.260 e. The Morgan fingerprint density at radius 3 is 2.68 bits per heavy atom. The summed E-state index contributed by atoms with van der Waals surface area (Å²) >= 11 is 0. The van der Waals surface area contributed by atoms with E-state index in [1.165, 1.54) is 30.7 Å². The Balaban J connectivity index is 1.55. The van der Waals surface area contributed by atoms with Gasteiger partial charge in [0.15, 0.2) is 6.61 Å². The molecule has 2 aliphatic rings. The zero-order chi connectivity index (χ0) is 15.7. The fourth-order valence-electron chi connectivity index (χ4n) is 3.41.